The number of carbonyl (C=O) groups is 1. The molecule has 76 valence electrons. The fourth-order valence-corrected chi connectivity index (χ4v) is 1.72. The first-order valence-electron chi connectivity index (χ1n) is 3.79. The van der Waals surface area contributed by atoms with Crippen LogP contribution in [0.5, 0.6) is 0 Å². The van der Waals surface area contributed by atoms with E-state index in [-0.39, 0.29) is 0 Å². The number of benzene rings is 1. The van der Waals surface area contributed by atoms with Gasteiger partial charge in [-0.3, -0.25) is 4.79 Å². The van der Waals surface area contributed by atoms with Gasteiger partial charge in [-0.15, -0.1) is 23.2 Å². The second kappa shape index (κ2) is 4.87. The predicted molar refractivity (Wildman–Crippen MR) is 57.3 cm³/mol. The quantitative estimate of drug-likeness (QED) is 0.839. The van der Waals surface area contributed by atoms with Gasteiger partial charge in [-0.05, 0) is 11.6 Å². The Balaban J connectivity index is 2.94. The van der Waals surface area contributed by atoms with Gasteiger partial charge in [0.1, 0.15) is 0 Å². The fraction of sp³-hybridized carbons (Fsp3) is 0.222. The zero-order valence-electron chi connectivity index (χ0n) is 6.95. The van der Waals surface area contributed by atoms with Crippen LogP contribution in [0, 0.1) is 0 Å². The maximum absolute atomic E-state index is 10.6. The normalized spacial score (nSPS) is 14.8. The molecule has 14 heavy (non-hydrogen) atoms. The van der Waals surface area contributed by atoms with Gasteiger partial charge in [0, 0.05) is 5.02 Å². The molecule has 1 aromatic carbocycles. The van der Waals surface area contributed by atoms with Crippen LogP contribution in [-0.4, -0.2) is 16.5 Å². The monoisotopic (exact) mass is 252 g/mol. The fourth-order valence-electron chi connectivity index (χ4n) is 0.982. The van der Waals surface area contributed by atoms with Gasteiger partial charge in [-0.2, -0.15) is 0 Å². The summed E-state index contributed by atoms with van der Waals surface area (Å²) in [5, 5.41) is 7.05. The first-order chi connectivity index (χ1) is 6.54. The van der Waals surface area contributed by atoms with E-state index in [0.717, 1.165) is 0 Å². The molecule has 2 atom stereocenters. The van der Waals surface area contributed by atoms with E-state index >= 15 is 0 Å². The summed E-state index contributed by atoms with van der Waals surface area (Å²) in [5.41, 5.74) is 0.526. The van der Waals surface area contributed by atoms with Crippen LogP contribution in [0.2, 0.25) is 5.02 Å². The van der Waals surface area contributed by atoms with Gasteiger partial charge in [0.2, 0.25) is 0 Å². The molecule has 0 aliphatic carbocycles. The van der Waals surface area contributed by atoms with Crippen LogP contribution in [0.25, 0.3) is 0 Å². The van der Waals surface area contributed by atoms with E-state index in [1.54, 1.807) is 24.3 Å². The third-order valence-electron chi connectivity index (χ3n) is 1.70. The van der Waals surface area contributed by atoms with E-state index in [0.29, 0.717) is 10.6 Å². The Morgan fingerprint density at radius 2 is 1.86 bits per heavy atom. The van der Waals surface area contributed by atoms with Crippen molar-refractivity contribution in [1.82, 2.24) is 0 Å². The number of hydrogen-bond donors (Lipinski definition) is 1. The average Bonchev–Trinajstić information content (AvgIpc) is 2.16. The van der Waals surface area contributed by atoms with Crippen molar-refractivity contribution in [3.05, 3.63) is 34.9 Å². The van der Waals surface area contributed by atoms with Crippen molar-refractivity contribution < 1.29 is 9.90 Å². The molecule has 0 heterocycles. The van der Waals surface area contributed by atoms with Gasteiger partial charge in [0.15, 0.2) is 5.38 Å². The molecule has 1 N–H and O–H groups in total. The molecular formula is C9H7Cl3O2. The number of carboxylic acids is 1. The molecule has 1 rings (SSSR count). The lowest BCUT2D eigenvalue weighted by molar-refractivity contribution is -0.136. The minimum atomic E-state index is -1.18. The van der Waals surface area contributed by atoms with Crippen molar-refractivity contribution in [2.24, 2.45) is 0 Å². The Kier molecular flexibility index (Phi) is 4.05. The summed E-state index contributed by atoms with van der Waals surface area (Å²) in [6.45, 7) is 0. The summed E-state index contributed by atoms with van der Waals surface area (Å²) >= 11 is 17.3. The van der Waals surface area contributed by atoms with Gasteiger partial charge in [0.05, 0.1) is 5.38 Å². The summed E-state index contributed by atoms with van der Waals surface area (Å²) in [5.74, 6) is -1.16. The SMILES string of the molecule is O=C(O)[C@H](Cl)[C@@H](Cl)c1ccccc1Cl. The van der Waals surface area contributed by atoms with Crippen LogP contribution in [0.15, 0.2) is 24.3 Å². The number of hydrogen-bond acceptors (Lipinski definition) is 1. The van der Waals surface area contributed by atoms with E-state index in [9.17, 15) is 4.79 Å². The molecule has 0 saturated carbocycles. The van der Waals surface area contributed by atoms with Crippen molar-refractivity contribution in [3.63, 3.8) is 0 Å². The summed E-state index contributed by atoms with van der Waals surface area (Å²) < 4.78 is 0. The van der Waals surface area contributed by atoms with Gasteiger partial charge >= 0.3 is 5.97 Å². The molecule has 0 aliphatic rings. The van der Waals surface area contributed by atoms with Crippen LogP contribution in [0.3, 0.4) is 0 Å². The van der Waals surface area contributed by atoms with Gasteiger partial charge in [-0.25, -0.2) is 0 Å². The molecule has 5 heteroatoms. The Morgan fingerprint density at radius 3 is 2.36 bits per heavy atom. The number of halogens is 3. The Labute approximate surface area is 96.4 Å². The number of rotatable bonds is 3. The molecule has 0 radical (unpaired) electrons. The van der Waals surface area contributed by atoms with E-state index in [2.05, 4.69) is 0 Å². The second-order valence-corrected chi connectivity index (χ2v) is 4.01. The Hall–Kier alpha value is -0.440. The van der Waals surface area contributed by atoms with Crippen LogP contribution in [0.4, 0.5) is 0 Å². The van der Waals surface area contributed by atoms with E-state index < -0.39 is 16.7 Å². The minimum absolute atomic E-state index is 0.416. The van der Waals surface area contributed by atoms with E-state index in [1.807, 2.05) is 0 Å². The molecule has 0 aliphatic heterocycles. The molecule has 0 bridgehead atoms. The topological polar surface area (TPSA) is 37.3 Å². The zero-order chi connectivity index (χ0) is 10.7. The maximum Gasteiger partial charge on any atom is 0.323 e. The van der Waals surface area contributed by atoms with Gasteiger partial charge in [0.25, 0.3) is 0 Å². The van der Waals surface area contributed by atoms with E-state index in [4.69, 9.17) is 39.9 Å². The summed E-state index contributed by atoms with van der Waals surface area (Å²) in [6, 6.07) is 6.75. The lowest BCUT2D eigenvalue weighted by Gasteiger charge is -2.13. The highest BCUT2D eigenvalue weighted by molar-refractivity contribution is 6.38. The lowest BCUT2D eigenvalue weighted by Crippen LogP contribution is -2.18. The molecule has 0 spiro atoms. The third kappa shape index (κ3) is 2.53. The van der Waals surface area contributed by atoms with Gasteiger partial charge < -0.3 is 5.11 Å². The average molecular weight is 254 g/mol. The minimum Gasteiger partial charge on any atom is -0.480 e. The second-order valence-electron chi connectivity index (χ2n) is 2.66. The molecule has 0 fully saturated rings. The molecule has 0 saturated heterocycles. The highest BCUT2D eigenvalue weighted by Crippen LogP contribution is 2.32. The van der Waals surface area contributed by atoms with Gasteiger partial charge in [-0.1, -0.05) is 29.8 Å². The number of carboxylic acid groups (broad SMARTS) is 1. The zero-order valence-corrected chi connectivity index (χ0v) is 9.22. The number of alkyl halides is 2. The third-order valence-corrected chi connectivity index (χ3v) is 3.09. The molecule has 0 amide bonds. The van der Waals surface area contributed by atoms with Crippen molar-refractivity contribution in [1.29, 1.82) is 0 Å². The first kappa shape index (κ1) is 11.6. The molecule has 1 aromatic rings. The van der Waals surface area contributed by atoms with Crippen molar-refractivity contribution >= 4 is 40.8 Å². The Bertz CT molecular complexity index is 341. The summed E-state index contributed by atoms with van der Waals surface area (Å²) in [4.78, 5) is 10.6. The lowest BCUT2D eigenvalue weighted by atomic mass is 10.1. The van der Waals surface area contributed by atoms with Crippen LogP contribution < -0.4 is 0 Å². The highest BCUT2D eigenvalue weighted by atomic mass is 35.5. The van der Waals surface area contributed by atoms with Crippen LogP contribution in [-0.2, 0) is 4.79 Å². The van der Waals surface area contributed by atoms with Crippen LogP contribution >= 0.6 is 34.8 Å². The summed E-state index contributed by atoms with van der Waals surface area (Å²) in [7, 11) is 0. The largest absolute Gasteiger partial charge is 0.480 e. The molecule has 0 unspecified atom stereocenters. The first-order valence-corrected chi connectivity index (χ1v) is 5.04. The highest BCUT2D eigenvalue weighted by Gasteiger charge is 2.26. The molecule has 2 nitrogen and oxygen atoms in total. The predicted octanol–water partition coefficient (Wildman–Crippen LogP) is 3.31. The van der Waals surface area contributed by atoms with Crippen molar-refractivity contribution in [2.45, 2.75) is 10.8 Å². The maximum atomic E-state index is 10.6. The van der Waals surface area contributed by atoms with Crippen molar-refractivity contribution in [2.75, 3.05) is 0 Å². The smallest absolute Gasteiger partial charge is 0.323 e. The van der Waals surface area contributed by atoms with Crippen molar-refractivity contribution in [3.8, 4) is 0 Å². The number of aliphatic carboxylic acids is 1. The van der Waals surface area contributed by atoms with E-state index in [1.165, 1.54) is 0 Å². The standard InChI is InChI=1S/C9H7Cl3O2/c10-6-4-2-1-3-5(6)7(11)8(12)9(13)14/h1-4,7-8H,(H,13,14)/t7-,8+/m0/s1. The molecular weight excluding hydrogens is 246 g/mol. The Morgan fingerprint density at radius 1 is 1.29 bits per heavy atom. The summed E-state index contributed by atoms with van der Waals surface area (Å²) in [6.07, 6.45) is 0. The van der Waals surface area contributed by atoms with Crippen LogP contribution in [0.1, 0.15) is 10.9 Å². The molecule has 0 aromatic heterocycles.